The normalized spacial score (nSPS) is 49.1. The molecule has 4 aliphatic rings. The minimum Gasteiger partial charge on any atom is -0.368 e. The molecule has 3 heterocycles. The molecule has 4 bridgehead atoms. The van der Waals surface area contributed by atoms with Gasteiger partial charge in [-0.3, -0.25) is 9.59 Å². The number of carbonyl (C=O) groups is 2. The van der Waals surface area contributed by atoms with E-state index < -0.39 is 5.54 Å². The summed E-state index contributed by atoms with van der Waals surface area (Å²) >= 11 is 0. The second-order valence-corrected chi connectivity index (χ2v) is 4.57. The smallest absolute Gasteiger partial charge is 0.240 e. The number of amides is 2. The van der Waals surface area contributed by atoms with E-state index in [1.807, 2.05) is 0 Å². The van der Waals surface area contributed by atoms with Crippen LogP contribution in [0.1, 0.15) is 12.8 Å². The van der Waals surface area contributed by atoms with Crippen LogP contribution in [-0.2, 0) is 9.59 Å². The molecule has 1 saturated carbocycles. The summed E-state index contributed by atoms with van der Waals surface area (Å²) < 4.78 is 0. The molecule has 76 valence electrons. The van der Waals surface area contributed by atoms with E-state index in [2.05, 4.69) is 10.6 Å². The van der Waals surface area contributed by atoms with E-state index in [1.165, 1.54) is 0 Å². The molecule has 0 radical (unpaired) electrons. The molecule has 0 aromatic heterocycles. The molecule has 3 saturated heterocycles. The first-order chi connectivity index (χ1) is 6.64. The predicted octanol–water partition coefficient (Wildman–Crippen LogP) is -1.66. The maximum atomic E-state index is 11.6. The van der Waals surface area contributed by atoms with Gasteiger partial charge in [-0.05, 0) is 25.3 Å². The van der Waals surface area contributed by atoms with Gasteiger partial charge in [-0.25, -0.2) is 0 Å². The van der Waals surface area contributed by atoms with Gasteiger partial charge < -0.3 is 16.4 Å². The van der Waals surface area contributed by atoms with Gasteiger partial charge in [0, 0.05) is 0 Å². The maximum absolute atomic E-state index is 11.6. The summed E-state index contributed by atoms with van der Waals surface area (Å²) in [5, 5.41) is 6.03. The third-order valence-corrected chi connectivity index (χ3v) is 3.96. The number of nitrogens with two attached hydrogens (primary N) is 1. The van der Waals surface area contributed by atoms with E-state index in [-0.39, 0.29) is 23.8 Å². The van der Waals surface area contributed by atoms with Gasteiger partial charge in [-0.15, -0.1) is 0 Å². The molecular formula is C9H13N3O2. The van der Waals surface area contributed by atoms with Gasteiger partial charge >= 0.3 is 0 Å². The third-order valence-electron chi connectivity index (χ3n) is 3.96. The predicted molar refractivity (Wildman–Crippen MR) is 48.1 cm³/mol. The van der Waals surface area contributed by atoms with E-state index in [0.717, 1.165) is 19.4 Å². The highest BCUT2D eigenvalue weighted by Crippen LogP contribution is 2.45. The van der Waals surface area contributed by atoms with Crippen LogP contribution in [0.4, 0.5) is 0 Å². The van der Waals surface area contributed by atoms with Crippen molar-refractivity contribution in [2.75, 3.05) is 6.54 Å². The van der Waals surface area contributed by atoms with Gasteiger partial charge in [0.15, 0.2) is 0 Å². The fourth-order valence-electron chi connectivity index (χ4n) is 3.29. The molecule has 4 N–H and O–H groups in total. The zero-order valence-electron chi connectivity index (χ0n) is 7.75. The first-order valence-corrected chi connectivity index (χ1v) is 5.00. The number of carbonyl (C=O) groups excluding carboxylic acids is 2. The van der Waals surface area contributed by atoms with E-state index >= 15 is 0 Å². The number of fused-ring (bicyclic) bond motifs is 1. The molecule has 4 atom stereocenters. The fraction of sp³-hybridized carbons (Fsp3) is 0.778. The molecule has 4 unspecified atom stereocenters. The lowest BCUT2D eigenvalue weighted by molar-refractivity contribution is -0.135. The van der Waals surface area contributed by atoms with Crippen molar-refractivity contribution in [2.24, 2.45) is 17.6 Å². The van der Waals surface area contributed by atoms with Crippen molar-refractivity contribution in [2.45, 2.75) is 24.4 Å². The van der Waals surface area contributed by atoms with E-state index in [1.54, 1.807) is 0 Å². The van der Waals surface area contributed by atoms with Crippen molar-refractivity contribution < 1.29 is 9.59 Å². The Morgan fingerprint density at radius 2 is 2.29 bits per heavy atom. The van der Waals surface area contributed by atoms with Crippen LogP contribution < -0.4 is 16.4 Å². The summed E-state index contributed by atoms with van der Waals surface area (Å²) in [6.07, 6.45) is 1.69. The quantitative estimate of drug-likeness (QED) is 0.468. The van der Waals surface area contributed by atoms with Crippen LogP contribution >= 0.6 is 0 Å². The van der Waals surface area contributed by atoms with Gasteiger partial charge in [0.2, 0.25) is 11.8 Å². The zero-order valence-corrected chi connectivity index (χ0v) is 7.75. The van der Waals surface area contributed by atoms with Crippen LogP contribution in [0.15, 0.2) is 0 Å². The van der Waals surface area contributed by atoms with Crippen LogP contribution in [0.3, 0.4) is 0 Å². The average Bonchev–Trinajstić information content (AvgIpc) is 2.35. The van der Waals surface area contributed by atoms with E-state index in [0.29, 0.717) is 5.92 Å². The lowest BCUT2D eigenvalue weighted by Crippen LogP contribution is -2.72. The molecule has 14 heavy (non-hydrogen) atoms. The SMILES string of the molecule is NC(=O)C12NCC3CC1NC(=O)C2C3. The molecule has 3 aliphatic heterocycles. The van der Waals surface area contributed by atoms with E-state index in [4.69, 9.17) is 5.73 Å². The summed E-state index contributed by atoms with van der Waals surface area (Å²) in [7, 11) is 0. The van der Waals surface area contributed by atoms with Crippen molar-refractivity contribution in [3.8, 4) is 0 Å². The Hall–Kier alpha value is -1.10. The van der Waals surface area contributed by atoms with Crippen LogP contribution in [-0.4, -0.2) is 29.9 Å². The first-order valence-electron chi connectivity index (χ1n) is 5.00. The van der Waals surface area contributed by atoms with Crippen molar-refractivity contribution in [1.29, 1.82) is 0 Å². The molecule has 5 nitrogen and oxygen atoms in total. The minimum absolute atomic E-state index is 0.0106. The van der Waals surface area contributed by atoms with Gasteiger partial charge in [0.1, 0.15) is 5.54 Å². The number of primary amides is 1. The lowest BCUT2D eigenvalue weighted by Gasteiger charge is -2.48. The van der Waals surface area contributed by atoms with Crippen molar-refractivity contribution >= 4 is 11.8 Å². The van der Waals surface area contributed by atoms with Crippen LogP contribution in [0, 0.1) is 11.8 Å². The highest BCUT2D eigenvalue weighted by atomic mass is 16.2. The number of piperidine rings is 2. The standard InChI is InChI=1S/C9H13N3O2/c10-8(14)9-5-1-4(3-11-9)2-6(9)12-7(5)13/h4-6,11H,1-3H2,(H2,10,14)(H,12,13). The monoisotopic (exact) mass is 195 g/mol. The zero-order chi connectivity index (χ0) is 9.92. The summed E-state index contributed by atoms with van der Waals surface area (Å²) in [4.78, 5) is 23.1. The molecule has 5 heteroatoms. The fourth-order valence-corrected chi connectivity index (χ4v) is 3.29. The Kier molecular flexibility index (Phi) is 1.34. The number of nitrogens with one attached hydrogen (secondary N) is 2. The summed E-state index contributed by atoms with van der Waals surface area (Å²) in [5.41, 5.74) is 4.64. The van der Waals surface area contributed by atoms with Crippen molar-refractivity contribution in [3.63, 3.8) is 0 Å². The summed E-state index contributed by atoms with van der Waals surface area (Å²) in [6.45, 7) is 0.810. The van der Waals surface area contributed by atoms with Crippen LogP contribution in [0.25, 0.3) is 0 Å². The lowest BCUT2D eigenvalue weighted by atomic mass is 9.64. The first kappa shape index (κ1) is 8.23. The Labute approximate surface area is 81.4 Å². The van der Waals surface area contributed by atoms with Crippen molar-refractivity contribution in [3.05, 3.63) is 0 Å². The number of hydrogen-bond acceptors (Lipinski definition) is 3. The van der Waals surface area contributed by atoms with Crippen molar-refractivity contribution in [1.82, 2.24) is 10.6 Å². The molecule has 0 aromatic carbocycles. The Morgan fingerprint density at radius 3 is 2.86 bits per heavy atom. The summed E-state index contributed by atoms with van der Waals surface area (Å²) in [6, 6.07) is -0.0787. The highest BCUT2D eigenvalue weighted by molar-refractivity contribution is 5.98. The Morgan fingerprint density at radius 1 is 1.50 bits per heavy atom. The molecular weight excluding hydrogens is 182 g/mol. The van der Waals surface area contributed by atoms with Gasteiger partial charge in [0.25, 0.3) is 0 Å². The summed E-state index contributed by atoms with van der Waals surface area (Å²) in [5.74, 6) is -0.116. The largest absolute Gasteiger partial charge is 0.368 e. The van der Waals surface area contributed by atoms with Gasteiger partial charge in [-0.2, -0.15) is 0 Å². The van der Waals surface area contributed by atoms with Gasteiger partial charge in [0.05, 0.1) is 12.0 Å². The molecule has 4 rings (SSSR count). The third kappa shape index (κ3) is 0.706. The molecule has 0 spiro atoms. The Bertz CT molecular complexity index is 330. The van der Waals surface area contributed by atoms with Crippen LogP contribution in [0.2, 0.25) is 0 Å². The topological polar surface area (TPSA) is 84.2 Å². The van der Waals surface area contributed by atoms with E-state index in [9.17, 15) is 9.59 Å². The second kappa shape index (κ2) is 2.28. The molecule has 1 aliphatic carbocycles. The molecule has 0 aromatic rings. The van der Waals surface area contributed by atoms with Crippen LogP contribution in [0.5, 0.6) is 0 Å². The number of hydrogen-bond donors (Lipinski definition) is 3. The Balaban J connectivity index is 2.10. The second-order valence-electron chi connectivity index (χ2n) is 4.57. The molecule has 4 fully saturated rings. The number of rotatable bonds is 1. The minimum atomic E-state index is -0.786. The maximum Gasteiger partial charge on any atom is 0.240 e. The average molecular weight is 195 g/mol. The molecule has 2 amide bonds. The van der Waals surface area contributed by atoms with Gasteiger partial charge in [-0.1, -0.05) is 0 Å². The highest BCUT2D eigenvalue weighted by Gasteiger charge is 2.64.